The van der Waals surface area contributed by atoms with E-state index in [4.69, 9.17) is 0 Å². The van der Waals surface area contributed by atoms with Crippen molar-refractivity contribution in [3.05, 3.63) is 41.0 Å². The Labute approximate surface area is 175 Å². The van der Waals surface area contributed by atoms with Gasteiger partial charge in [0.15, 0.2) is 0 Å². The number of thiol groups is 1. The van der Waals surface area contributed by atoms with Crippen molar-refractivity contribution in [1.29, 1.82) is 0 Å². The molecule has 2 amide bonds. The molecule has 5 heteroatoms. The van der Waals surface area contributed by atoms with Crippen LogP contribution in [-0.4, -0.2) is 29.3 Å². The predicted molar refractivity (Wildman–Crippen MR) is 119 cm³/mol. The van der Waals surface area contributed by atoms with E-state index >= 15 is 0 Å². The number of benzene rings is 1. The largest absolute Gasteiger partial charge is 0.350 e. The van der Waals surface area contributed by atoms with Gasteiger partial charge in [-0.2, -0.15) is 0 Å². The van der Waals surface area contributed by atoms with Gasteiger partial charge in [0, 0.05) is 24.4 Å². The first-order valence-electron chi connectivity index (χ1n) is 10.2. The highest BCUT2D eigenvalue weighted by Crippen LogP contribution is 2.26. The fourth-order valence-corrected chi connectivity index (χ4v) is 3.70. The van der Waals surface area contributed by atoms with Gasteiger partial charge in [0.2, 0.25) is 11.8 Å². The summed E-state index contributed by atoms with van der Waals surface area (Å²) in [5.41, 5.74) is 3.31. The number of hydrogen-bond acceptors (Lipinski definition) is 3. The Bertz CT molecular complexity index is 732. The highest BCUT2D eigenvalue weighted by molar-refractivity contribution is 7.90. The number of carbonyl (C=O) groups excluding carboxylic acids is 2. The maximum atomic E-state index is 12.7. The molecular weight excluding hydrogens is 368 g/mol. The maximum Gasteiger partial charge on any atom is 0.243 e. The van der Waals surface area contributed by atoms with Gasteiger partial charge in [0.1, 0.15) is 6.04 Å². The first-order valence-corrected chi connectivity index (χ1v) is 10.6. The third-order valence-corrected chi connectivity index (χ3v) is 5.83. The van der Waals surface area contributed by atoms with Crippen LogP contribution in [0, 0.1) is 5.41 Å². The van der Waals surface area contributed by atoms with E-state index in [9.17, 15) is 9.59 Å². The summed E-state index contributed by atoms with van der Waals surface area (Å²) in [5.74, 6) is 0.0225. The number of carbonyl (C=O) groups is 2. The molecule has 1 N–H and O–H groups in total. The number of hydrogen-bond donors (Lipinski definition) is 2. The lowest BCUT2D eigenvalue weighted by atomic mass is 9.91. The second-order valence-corrected chi connectivity index (χ2v) is 9.33. The standard InChI is InChI=1S/C23H34N2O2S/c1-6-16(2)21(28)18-11-9-17(10-12-18)15-24-22(27)19-8-7-13-25(19)20(26)14-23(3,4)5/h9-12,19,28H,6-8,13-15H2,1-5H3,(H,24,27)/b21-16-. The molecule has 0 radical (unpaired) electrons. The average molecular weight is 403 g/mol. The van der Waals surface area contributed by atoms with Crippen molar-refractivity contribution in [3.8, 4) is 0 Å². The van der Waals surface area contributed by atoms with Crippen LogP contribution in [0.1, 0.15) is 71.4 Å². The molecule has 1 aromatic rings. The average Bonchev–Trinajstić information content (AvgIpc) is 3.14. The number of nitrogens with one attached hydrogen (secondary N) is 1. The highest BCUT2D eigenvalue weighted by atomic mass is 32.1. The summed E-state index contributed by atoms with van der Waals surface area (Å²) < 4.78 is 0. The molecule has 1 aromatic carbocycles. The molecule has 1 unspecified atom stereocenters. The number of allylic oxidation sites excluding steroid dienone is 1. The monoisotopic (exact) mass is 402 g/mol. The molecule has 1 heterocycles. The third kappa shape index (κ3) is 6.13. The normalized spacial score (nSPS) is 18.1. The molecule has 0 spiro atoms. The molecule has 1 aliphatic heterocycles. The topological polar surface area (TPSA) is 49.4 Å². The smallest absolute Gasteiger partial charge is 0.243 e. The number of likely N-dealkylation sites (tertiary alicyclic amines) is 1. The lowest BCUT2D eigenvalue weighted by Gasteiger charge is -2.27. The highest BCUT2D eigenvalue weighted by Gasteiger charge is 2.35. The summed E-state index contributed by atoms with van der Waals surface area (Å²) in [6, 6.07) is 7.78. The molecule has 2 rings (SSSR count). The van der Waals surface area contributed by atoms with E-state index in [1.165, 1.54) is 5.57 Å². The summed E-state index contributed by atoms with van der Waals surface area (Å²) in [6.07, 6.45) is 3.07. The van der Waals surface area contributed by atoms with Gasteiger partial charge in [0.05, 0.1) is 0 Å². The van der Waals surface area contributed by atoms with Crippen LogP contribution in [-0.2, 0) is 16.1 Å². The van der Waals surface area contributed by atoms with Gasteiger partial charge in [-0.15, -0.1) is 12.6 Å². The molecule has 4 nitrogen and oxygen atoms in total. The van der Waals surface area contributed by atoms with Gasteiger partial charge in [-0.05, 0) is 42.7 Å². The van der Waals surface area contributed by atoms with E-state index in [1.807, 2.05) is 45.0 Å². The molecule has 1 saturated heterocycles. The van der Waals surface area contributed by atoms with Gasteiger partial charge in [-0.25, -0.2) is 0 Å². The fraction of sp³-hybridized carbons (Fsp3) is 0.565. The van der Waals surface area contributed by atoms with Gasteiger partial charge >= 0.3 is 0 Å². The number of amides is 2. The van der Waals surface area contributed by atoms with Crippen molar-refractivity contribution in [3.63, 3.8) is 0 Å². The van der Waals surface area contributed by atoms with Crippen molar-refractivity contribution < 1.29 is 9.59 Å². The first-order chi connectivity index (χ1) is 13.1. The zero-order chi connectivity index (χ0) is 20.9. The van der Waals surface area contributed by atoms with Gasteiger partial charge in [0.25, 0.3) is 0 Å². The van der Waals surface area contributed by atoms with Crippen LogP contribution in [0.5, 0.6) is 0 Å². The Balaban J connectivity index is 1.95. The van der Waals surface area contributed by atoms with Gasteiger partial charge in [-0.3, -0.25) is 9.59 Å². The maximum absolute atomic E-state index is 12.7. The molecule has 0 saturated carbocycles. The Morgan fingerprint density at radius 1 is 1.21 bits per heavy atom. The second-order valence-electron chi connectivity index (χ2n) is 8.88. The summed E-state index contributed by atoms with van der Waals surface area (Å²) in [4.78, 5) is 28.0. The van der Waals surface area contributed by atoms with E-state index in [0.29, 0.717) is 19.5 Å². The Morgan fingerprint density at radius 2 is 1.86 bits per heavy atom. The van der Waals surface area contributed by atoms with E-state index in [2.05, 4.69) is 31.8 Å². The summed E-state index contributed by atoms with van der Waals surface area (Å²) in [7, 11) is 0. The molecule has 1 atom stereocenters. The van der Waals surface area contributed by atoms with E-state index in [0.717, 1.165) is 35.3 Å². The van der Waals surface area contributed by atoms with Crippen molar-refractivity contribution >= 4 is 29.3 Å². The molecule has 0 aromatic heterocycles. The van der Waals surface area contributed by atoms with Crippen LogP contribution in [0.15, 0.2) is 29.8 Å². The first kappa shape index (κ1) is 22.5. The summed E-state index contributed by atoms with van der Waals surface area (Å²) in [5, 5.41) is 3.01. The van der Waals surface area contributed by atoms with Crippen molar-refractivity contribution in [2.75, 3.05) is 6.54 Å². The summed E-state index contributed by atoms with van der Waals surface area (Å²) >= 11 is 4.60. The summed E-state index contributed by atoms with van der Waals surface area (Å²) in [6.45, 7) is 11.5. The van der Waals surface area contributed by atoms with Crippen LogP contribution in [0.25, 0.3) is 4.91 Å². The number of rotatable bonds is 6. The van der Waals surface area contributed by atoms with Crippen molar-refractivity contribution in [1.82, 2.24) is 10.2 Å². The quantitative estimate of drug-likeness (QED) is 0.672. The van der Waals surface area contributed by atoms with Gasteiger partial charge in [-0.1, -0.05) is 57.5 Å². The molecule has 154 valence electrons. The lowest BCUT2D eigenvalue weighted by molar-refractivity contribution is -0.139. The van der Waals surface area contributed by atoms with E-state index < -0.39 is 0 Å². The van der Waals surface area contributed by atoms with Crippen LogP contribution < -0.4 is 5.32 Å². The Hall–Kier alpha value is -1.75. The minimum atomic E-state index is -0.340. The SMILES string of the molecule is CC/C(C)=C(\S)c1ccc(CNC(=O)C2CCCN2C(=O)CC(C)(C)C)cc1. The Morgan fingerprint density at radius 3 is 2.43 bits per heavy atom. The molecular formula is C23H34N2O2S. The minimum absolute atomic E-state index is 0.0551. The number of nitrogens with zero attached hydrogens (tertiary/aromatic N) is 1. The van der Waals surface area contributed by atoms with Crippen LogP contribution in [0.4, 0.5) is 0 Å². The third-order valence-electron chi connectivity index (χ3n) is 5.19. The van der Waals surface area contributed by atoms with E-state index in [-0.39, 0.29) is 23.3 Å². The predicted octanol–water partition coefficient (Wildman–Crippen LogP) is 4.80. The Kier molecular flexibility index (Phi) is 7.76. The molecule has 1 aliphatic rings. The molecule has 0 bridgehead atoms. The van der Waals surface area contributed by atoms with Crippen molar-refractivity contribution in [2.24, 2.45) is 5.41 Å². The second kappa shape index (κ2) is 9.64. The van der Waals surface area contributed by atoms with Crippen molar-refractivity contribution in [2.45, 2.75) is 72.9 Å². The van der Waals surface area contributed by atoms with Gasteiger partial charge < -0.3 is 10.2 Å². The van der Waals surface area contributed by atoms with E-state index in [1.54, 1.807) is 4.90 Å². The molecule has 0 aliphatic carbocycles. The zero-order valence-electron chi connectivity index (χ0n) is 17.8. The lowest BCUT2D eigenvalue weighted by Crippen LogP contribution is -2.46. The van der Waals surface area contributed by atoms with Crippen LogP contribution in [0.2, 0.25) is 0 Å². The fourth-order valence-electron chi connectivity index (χ4n) is 3.39. The minimum Gasteiger partial charge on any atom is -0.350 e. The van der Waals surface area contributed by atoms with Crippen LogP contribution in [0.3, 0.4) is 0 Å². The molecule has 28 heavy (non-hydrogen) atoms. The molecule has 1 fully saturated rings. The zero-order valence-corrected chi connectivity index (χ0v) is 18.7. The van der Waals surface area contributed by atoms with Crippen LogP contribution >= 0.6 is 12.6 Å².